The van der Waals surface area contributed by atoms with E-state index in [-0.39, 0.29) is 11.6 Å². The van der Waals surface area contributed by atoms with Gasteiger partial charge in [-0.3, -0.25) is 9.69 Å². The molecule has 1 aromatic carbocycles. The number of likely N-dealkylation sites (N-methyl/N-ethyl adjacent to an activating group) is 1. The molecule has 2 heterocycles. The Balaban J connectivity index is 1.43. The number of likely N-dealkylation sites (tertiary alicyclic amines) is 1. The van der Waals surface area contributed by atoms with E-state index in [1.54, 1.807) is 0 Å². The van der Waals surface area contributed by atoms with Gasteiger partial charge in [0.1, 0.15) is 11.5 Å². The fourth-order valence-corrected chi connectivity index (χ4v) is 4.97. The van der Waals surface area contributed by atoms with Gasteiger partial charge in [0.2, 0.25) is 0 Å². The summed E-state index contributed by atoms with van der Waals surface area (Å²) >= 11 is 0. The number of carbonyl (C=O) groups is 1. The molecule has 1 aromatic heterocycles. The lowest BCUT2D eigenvalue weighted by atomic mass is 10.1. The van der Waals surface area contributed by atoms with Gasteiger partial charge in [0, 0.05) is 30.1 Å². The van der Waals surface area contributed by atoms with E-state index < -0.39 is 11.6 Å². The monoisotopic (exact) mass is 386 g/mol. The molecule has 1 saturated heterocycles. The molecule has 0 radical (unpaired) electrons. The fourth-order valence-electron chi connectivity index (χ4n) is 4.97. The molecule has 5 rings (SSSR count). The largest absolute Gasteiger partial charge is 0.349 e. The zero-order valence-corrected chi connectivity index (χ0v) is 15.9. The zero-order chi connectivity index (χ0) is 19.4. The number of carbonyl (C=O) groups excluding carboxylic acids is 1. The maximum Gasteiger partial charge on any atom is 0.272 e. The molecule has 2 aromatic rings. The number of nitrogens with zero attached hydrogens (tertiary/aromatic N) is 3. The van der Waals surface area contributed by atoms with E-state index in [2.05, 4.69) is 22.2 Å². The van der Waals surface area contributed by atoms with Gasteiger partial charge in [0.05, 0.1) is 5.69 Å². The Morgan fingerprint density at radius 3 is 3.00 bits per heavy atom. The summed E-state index contributed by atoms with van der Waals surface area (Å²) < 4.78 is 29.2. The Morgan fingerprint density at radius 2 is 2.21 bits per heavy atom. The number of nitrogens with one attached hydrogen (secondary N) is 1. The average Bonchev–Trinajstić information content (AvgIpc) is 3.03. The highest BCUT2D eigenvalue weighted by atomic mass is 19.1. The lowest BCUT2D eigenvalue weighted by molar-refractivity contribution is 0.0935. The smallest absolute Gasteiger partial charge is 0.272 e. The first-order valence-electron chi connectivity index (χ1n) is 10.2. The third-order valence-corrected chi connectivity index (χ3v) is 6.52. The topological polar surface area (TPSA) is 50.2 Å². The van der Waals surface area contributed by atoms with Crippen LogP contribution in [0.25, 0.3) is 5.69 Å². The normalized spacial score (nSPS) is 25.6. The van der Waals surface area contributed by atoms with E-state index in [1.807, 2.05) is 0 Å². The predicted molar refractivity (Wildman–Crippen MR) is 101 cm³/mol. The SMILES string of the molecule is CCN1CCC[C@H]1CNC(=O)c1nn(-c2ccc(F)cc2F)c2c1C[C@@H]1C[C@H]21. The maximum atomic E-state index is 14.4. The van der Waals surface area contributed by atoms with E-state index in [0.29, 0.717) is 30.1 Å². The van der Waals surface area contributed by atoms with Gasteiger partial charge >= 0.3 is 0 Å². The molecule has 5 nitrogen and oxygen atoms in total. The van der Waals surface area contributed by atoms with Gasteiger partial charge in [-0.05, 0) is 56.8 Å². The minimum atomic E-state index is -0.661. The Morgan fingerprint density at radius 1 is 1.36 bits per heavy atom. The minimum absolute atomic E-state index is 0.193. The first kappa shape index (κ1) is 17.8. The van der Waals surface area contributed by atoms with Gasteiger partial charge in [-0.1, -0.05) is 6.92 Å². The van der Waals surface area contributed by atoms with Crippen LogP contribution in [0.3, 0.4) is 0 Å². The standard InChI is InChI=1S/C21H24F2N4O/c1-2-26-7-3-4-14(26)11-24-21(28)19-16-9-12-8-15(12)20(16)27(25-19)18-6-5-13(22)10-17(18)23/h5-6,10,12,14-15H,2-4,7-9,11H2,1H3,(H,24,28)/t12-,14-,15-/m0/s1. The summed E-state index contributed by atoms with van der Waals surface area (Å²) in [5.74, 6) is -0.615. The summed E-state index contributed by atoms with van der Waals surface area (Å²) in [6.07, 6.45) is 4.11. The highest BCUT2D eigenvalue weighted by molar-refractivity contribution is 5.94. The third kappa shape index (κ3) is 2.83. The zero-order valence-electron chi connectivity index (χ0n) is 15.9. The van der Waals surface area contributed by atoms with E-state index in [4.69, 9.17) is 0 Å². The molecule has 0 bridgehead atoms. The molecule has 1 saturated carbocycles. The summed E-state index contributed by atoms with van der Waals surface area (Å²) in [6, 6.07) is 3.85. The van der Waals surface area contributed by atoms with E-state index in [9.17, 15) is 13.6 Å². The van der Waals surface area contributed by atoms with Crippen LogP contribution in [0.4, 0.5) is 8.78 Å². The Kier molecular flexibility index (Phi) is 4.23. The van der Waals surface area contributed by atoms with Gasteiger partial charge in [-0.15, -0.1) is 0 Å². The van der Waals surface area contributed by atoms with Gasteiger partial charge in [0.15, 0.2) is 11.5 Å². The quantitative estimate of drug-likeness (QED) is 0.859. The number of aromatic nitrogens is 2. The fraction of sp³-hybridized carbons (Fsp3) is 0.524. The van der Waals surface area contributed by atoms with Crippen LogP contribution < -0.4 is 5.32 Å². The van der Waals surface area contributed by atoms with Crippen LogP contribution in [-0.4, -0.2) is 46.3 Å². The molecule has 1 amide bonds. The van der Waals surface area contributed by atoms with Gasteiger partial charge < -0.3 is 5.32 Å². The molecule has 3 atom stereocenters. The second-order valence-electron chi connectivity index (χ2n) is 8.16. The highest BCUT2D eigenvalue weighted by Crippen LogP contribution is 2.57. The number of hydrogen-bond acceptors (Lipinski definition) is 3. The number of fused-ring (bicyclic) bond motifs is 3. The van der Waals surface area contributed by atoms with Crippen LogP contribution in [0.1, 0.15) is 53.8 Å². The summed E-state index contributed by atoms with van der Waals surface area (Å²) in [4.78, 5) is 15.3. The van der Waals surface area contributed by atoms with Crippen LogP contribution in [0.5, 0.6) is 0 Å². The van der Waals surface area contributed by atoms with Crippen molar-refractivity contribution < 1.29 is 13.6 Å². The Labute approximate surface area is 162 Å². The van der Waals surface area contributed by atoms with Crippen molar-refractivity contribution in [2.24, 2.45) is 5.92 Å². The Bertz CT molecular complexity index is 941. The lowest BCUT2D eigenvalue weighted by Crippen LogP contribution is -2.40. The molecule has 3 aliphatic rings. The predicted octanol–water partition coefficient (Wildman–Crippen LogP) is 3.02. The average molecular weight is 386 g/mol. The van der Waals surface area contributed by atoms with Crippen LogP contribution in [-0.2, 0) is 6.42 Å². The maximum absolute atomic E-state index is 14.4. The molecule has 2 aliphatic carbocycles. The second kappa shape index (κ2) is 6.65. The second-order valence-corrected chi connectivity index (χ2v) is 8.16. The summed E-state index contributed by atoms with van der Waals surface area (Å²) in [5, 5.41) is 7.53. The van der Waals surface area contributed by atoms with Crippen LogP contribution in [0.2, 0.25) is 0 Å². The molecular weight excluding hydrogens is 362 g/mol. The van der Waals surface area contributed by atoms with E-state index in [1.165, 1.54) is 16.8 Å². The van der Waals surface area contributed by atoms with Crippen molar-refractivity contribution in [1.29, 1.82) is 0 Å². The van der Waals surface area contributed by atoms with Gasteiger partial charge in [-0.2, -0.15) is 5.10 Å². The molecule has 0 spiro atoms. The number of hydrogen-bond donors (Lipinski definition) is 1. The summed E-state index contributed by atoms with van der Waals surface area (Å²) in [5.41, 5.74) is 2.46. The van der Waals surface area contributed by atoms with Crippen molar-refractivity contribution in [3.63, 3.8) is 0 Å². The molecule has 28 heavy (non-hydrogen) atoms. The van der Waals surface area contributed by atoms with Crippen molar-refractivity contribution in [3.8, 4) is 5.69 Å². The van der Waals surface area contributed by atoms with Crippen LogP contribution in [0, 0.1) is 17.6 Å². The van der Waals surface area contributed by atoms with E-state index >= 15 is 0 Å². The molecule has 7 heteroatoms. The summed E-state index contributed by atoms with van der Waals surface area (Å²) in [6.45, 7) is 4.80. The van der Waals surface area contributed by atoms with E-state index in [0.717, 1.165) is 56.1 Å². The van der Waals surface area contributed by atoms with Crippen molar-refractivity contribution >= 4 is 5.91 Å². The minimum Gasteiger partial charge on any atom is -0.349 e. The number of halogens is 2. The molecule has 0 unspecified atom stereocenters. The summed E-state index contributed by atoms with van der Waals surface area (Å²) in [7, 11) is 0. The first-order chi connectivity index (χ1) is 13.6. The number of rotatable bonds is 5. The number of benzene rings is 1. The van der Waals surface area contributed by atoms with Gasteiger partial charge in [0.25, 0.3) is 5.91 Å². The van der Waals surface area contributed by atoms with Crippen molar-refractivity contribution in [2.45, 2.75) is 44.6 Å². The molecule has 148 valence electrons. The van der Waals surface area contributed by atoms with Crippen LogP contribution in [0.15, 0.2) is 18.2 Å². The molecule has 1 aliphatic heterocycles. The molecule has 2 fully saturated rings. The van der Waals surface area contributed by atoms with Gasteiger partial charge in [-0.25, -0.2) is 13.5 Å². The molecular formula is C21H24F2N4O. The molecule has 1 N–H and O–H groups in total. The third-order valence-electron chi connectivity index (χ3n) is 6.52. The van der Waals surface area contributed by atoms with Crippen molar-refractivity contribution in [1.82, 2.24) is 20.0 Å². The lowest BCUT2D eigenvalue weighted by Gasteiger charge is -2.22. The Hall–Kier alpha value is -2.28. The van der Waals surface area contributed by atoms with Crippen LogP contribution >= 0.6 is 0 Å². The van der Waals surface area contributed by atoms with Crippen molar-refractivity contribution in [2.75, 3.05) is 19.6 Å². The number of amides is 1. The van der Waals surface area contributed by atoms with Crippen molar-refractivity contribution in [3.05, 3.63) is 46.8 Å². The highest BCUT2D eigenvalue weighted by Gasteiger charge is 2.50. The first-order valence-corrected chi connectivity index (χ1v) is 10.2.